The van der Waals surface area contributed by atoms with E-state index in [1.807, 2.05) is 0 Å². The highest BCUT2D eigenvalue weighted by Crippen LogP contribution is 2.21. The van der Waals surface area contributed by atoms with Gasteiger partial charge in [0, 0.05) is 6.20 Å². The SMILES string of the molecule is Nc1cnccc1S(=O)(=O)Cc1ccc(F)c(F)c1. The zero-order valence-electron chi connectivity index (χ0n) is 9.68. The van der Waals surface area contributed by atoms with Gasteiger partial charge >= 0.3 is 0 Å². The summed E-state index contributed by atoms with van der Waals surface area (Å²) in [6.07, 6.45) is 2.52. The van der Waals surface area contributed by atoms with Crippen LogP contribution in [-0.2, 0) is 15.6 Å². The molecule has 0 spiro atoms. The van der Waals surface area contributed by atoms with E-state index in [-0.39, 0.29) is 16.1 Å². The molecule has 0 radical (unpaired) electrons. The molecule has 0 fully saturated rings. The molecule has 0 aliphatic heterocycles. The Morgan fingerprint density at radius 1 is 1.16 bits per heavy atom. The van der Waals surface area contributed by atoms with Crippen LogP contribution in [0.15, 0.2) is 41.6 Å². The zero-order valence-corrected chi connectivity index (χ0v) is 10.5. The van der Waals surface area contributed by atoms with E-state index in [0.717, 1.165) is 12.1 Å². The summed E-state index contributed by atoms with van der Waals surface area (Å²) >= 11 is 0. The van der Waals surface area contributed by atoms with E-state index in [2.05, 4.69) is 4.98 Å². The van der Waals surface area contributed by atoms with Crippen molar-refractivity contribution in [3.05, 3.63) is 53.9 Å². The molecule has 0 amide bonds. The fraction of sp³-hybridized carbons (Fsp3) is 0.0833. The summed E-state index contributed by atoms with van der Waals surface area (Å²) in [6.45, 7) is 0. The van der Waals surface area contributed by atoms with Gasteiger partial charge in [-0.2, -0.15) is 0 Å². The Balaban J connectivity index is 2.37. The minimum atomic E-state index is -3.73. The smallest absolute Gasteiger partial charge is 0.184 e. The lowest BCUT2D eigenvalue weighted by molar-refractivity contribution is 0.507. The average molecular weight is 284 g/mol. The summed E-state index contributed by atoms with van der Waals surface area (Å²) in [5.41, 5.74) is 5.71. The predicted octanol–water partition coefficient (Wildman–Crippen LogP) is 1.92. The molecule has 0 saturated carbocycles. The second-order valence-electron chi connectivity index (χ2n) is 3.92. The molecule has 19 heavy (non-hydrogen) atoms. The van der Waals surface area contributed by atoms with Gasteiger partial charge < -0.3 is 5.73 Å². The molecule has 2 N–H and O–H groups in total. The van der Waals surface area contributed by atoms with Crippen LogP contribution < -0.4 is 5.73 Å². The maximum absolute atomic E-state index is 13.0. The Morgan fingerprint density at radius 2 is 1.89 bits per heavy atom. The molecule has 1 aromatic carbocycles. The normalized spacial score (nSPS) is 11.5. The molecule has 1 heterocycles. The van der Waals surface area contributed by atoms with E-state index in [1.54, 1.807) is 0 Å². The predicted molar refractivity (Wildman–Crippen MR) is 65.9 cm³/mol. The Morgan fingerprint density at radius 3 is 2.53 bits per heavy atom. The minimum absolute atomic E-state index is 0.0186. The van der Waals surface area contributed by atoms with E-state index in [4.69, 9.17) is 5.73 Å². The number of aromatic nitrogens is 1. The summed E-state index contributed by atoms with van der Waals surface area (Å²) < 4.78 is 50.0. The summed E-state index contributed by atoms with van der Waals surface area (Å²) in [4.78, 5) is 3.62. The van der Waals surface area contributed by atoms with E-state index >= 15 is 0 Å². The molecule has 0 bridgehead atoms. The second-order valence-corrected chi connectivity index (χ2v) is 5.88. The third-order valence-corrected chi connectivity index (χ3v) is 4.24. The van der Waals surface area contributed by atoms with E-state index in [0.29, 0.717) is 0 Å². The maximum Gasteiger partial charge on any atom is 0.184 e. The van der Waals surface area contributed by atoms with Crippen molar-refractivity contribution in [3.8, 4) is 0 Å². The van der Waals surface area contributed by atoms with Gasteiger partial charge in [0.2, 0.25) is 0 Å². The van der Waals surface area contributed by atoms with Crippen LogP contribution in [0.3, 0.4) is 0 Å². The molecule has 0 atom stereocenters. The molecule has 2 rings (SSSR count). The lowest BCUT2D eigenvalue weighted by atomic mass is 10.2. The molecular formula is C12H10F2N2O2S. The molecule has 100 valence electrons. The number of nitrogens with zero attached hydrogens (tertiary/aromatic N) is 1. The summed E-state index contributed by atoms with van der Waals surface area (Å²) in [6, 6.07) is 4.22. The van der Waals surface area contributed by atoms with Crippen LogP contribution >= 0.6 is 0 Å². The van der Waals surface area contributed by atoms with Crippen LogP contribution in [-0.4, -0.2) is 13.4 Å². The van der Waals surface area contributed by atoms with E-state index in [9.17, 15) is 17.2 Å². The van der Waals surface area contributed by atoms with Crippen molar-refractivity contribution in [2.75, 3.05) is 5.73 Å². The van der Waals surface area contributed by atoms with Crippen molar-refractivity contribution in [1.82, 2.24) is 4.98 Å². The Hall–Kier alpha value is -2.02. The highest BCUT2D eigenvalue weighted by molar-refractivity contribution is 7.90. The Bertz CT molecular complexity index is 717. The number of hydrogen-bond donors (Lipinski definition) is 1. The van der Waals surface area contributed by atoms with Crippen molar-refractivity contribution in [2.45, 2.75) is 10.6 Å². The quantitative estimate of drug-likeness (QED) is 0.934. The third-order valence-electron chi connectivity index (χ3n) is 2.49. The lowest BCUT2D eigenvalue weighted by Crippen LogP contribution is -2.08. The van der Waals surface area contributed by atoms with Gasteiger partial charge in [-0.1, -0.05) is 6.07 Å². The summed E-state index contributed by atoms with van der Waals surface area (Å²) in [5.74, 6) is -2.57. The third kappa shape index (κ3) is 2.87. The van der Waals surface area contributed by atoms with Crippen LogP contribution in [0.4, 0.5) is 14.5 Å². The number of hydrogen-bond acceptors (Lipinski definition) is 4. The first-order chi connectivity index (χ1) is 8.90. The van der Waals surface area contributed by atoms with Gasteiger partial charge in [0.1, 0.15) is 0 Å². The fourth-order valence-electron chi connectivity index (χ4n) is 1.60. The van der Waals surface area contributed by atoms with Gasteiger partial charge in [-0.3, -0.25) is 4.98 Å². The Labute approximate surface area is 108 Å². The van der Waals surface area contributed by atoms with E-state index < -0.39 is 27.2 Å². The Kier molecular flexibility index (Phi) is 3.48. The van der Waals surface area contributed by atoms with Crippen molar-refractivity contribution < 1.29 is 17.2 Å². The molecule has 2 aromatic rings. The maximum atomic E-state index is 13.0. The molecule has 7 heteroatoms. The fourth-order valence-corrected chi connectivity index (χ4v) is 3.06. The lowest BCUT2D eigenvalue weighted by Gasteiger charge is -2.07. The summed E-state index contributed by atoms with van der Waals surface area (Å²) in [7, 11) is -3.73. The van der Waals surface area contributed by atoms with Gasteiger partial charge in [0.15, 0.2) is 21.5 Å². The molecule has 1 aromatic heterocycles. The zero-order chi connectivity index (χ0) is 14.0. The first-order valence-corrected chi connectivity index (χ1v) is 6.91. The van der Waals surface area contributed by atoms with Crippen molar-refractivity contribution in [3.63, 3.8) is 0 Å². The first-order valence-electron chi connectivity index (χ1n) is 5.26. The van der Waals surface area contributed by atoms with Crippen LogP contribution in [0.5, 0.6) is 0 Å². The minimum Gasteiger partial charge on any atom is -0.396 e. The average Bonchev–Trinajstić information content (AvgIpc) is 2.34. The number of benzene rings is 1. The first kappa shape index (κ1) is 13.4. The van der Waals surface area contributed by atoms with Crippen molar-refractivity contribution in [1.29, 1.82) is 0 Å². The number of pyridine rings is 1. The standard InChI is InChI=1S/C12H10F2N2O2S/c13-9-2-1-8(5-10(9)14)7-19(17,18)12-3-4-16-6-11(12)15/h1-6H,7,15H2. The van der Waals surface area contributed by atoms with Crippen LogP contribution in [0.2, 0.25) is 0 Å². The second kappa shape index (κ2) is 4.93. The van der Waals surface area contributed by atoms with Crippen molar-refractivity contribution >= 4 is 15.5 Å². The largest absolute Gasteiger partial charge is 0.396 e. The monoisotopic (exact) mass is 284 g/mol. The summed E-state index contributed by atoms with van der Waals surface area (Å²) in [5, 5.41) is 0. The molecule has 0 unspecified atom stereocenters. The number of nitrogens with two attached hydrogens (primary N) is 1. The number of halogens is 2. The molecule has 0 saturated heterocycles. The molecule has 0 aliphatic rings. The van der Waals surface area contributed by atoms with Gasteiger partial charge in [-0.25, -0.2) is 17.2 Å². The van der Waals surface area contributed by atoms with E-state index in [1.165, 1.54) is 24.5 Å². The van der Waals surface area contributed by atoms with Gasteiger partial charge in [-0.15, -0.1) is 0 Å². The highest BCUT2D eigenvalue weighted by atomic mass is 32.2. The van der Waals surface area contributed by atoms with Gasteiger partial charge in [0.05, 0.1) is 22.5 Å². The number of rotatable bonds is 3. The van der Waals surface area contributed by atoms with Gasteiger partial charge in [0.25, 0.3) is 0 Å². The molecule has 0 aliphatic carbocycles. The van der Waals surface area contributed by atoms with Crippen LogP contribution in [0, 0.1) is 11.6 Å². The highest BCUT2D eigenvalue weighted by Gasteiger charge is 2.19. The molecule has 4 nitrogen and oxygen atoms in total. The van der Waals surface area contributed by atoms with Crippen molar-refractivity contribution in [2.24, 2.45) is 0 Å². The van der Waals surface area contributed by atoms with Crippen LogP contribution in [0.1, 0.15) is 5.56 Å². The number of nitrogen functional groups attached to an aromatic ring is 1. The number of sulfone groups is 1. The topological polar surface area (TPSA) is 73.0 Å². The number of anilines is 1. The van der Waals surface area contributed by atoms with Crippen LogP contribution in [0.25, 0.3) is 0 Å². The van der Waals surface area contributed by atoms with Gasteiger partial charge in [-0.05, 0) is 23.8 Å². The molecular weight excluding hydrogens is 274 g/mol.